The van der Waals surface area contributed by atoms with Crippen LogP contribution in [0.5, 0.6) is 5.75 Å². The molecule has 0 saturated carbocycles. The van der Waals surface area contributed by atoms with E-state index >= 15 is 0 Å². The van der Waals surface area contributed by atoms with Gasteiger partial charge in [-0.05, 0) is 23.5 Å². The molecule has 0 amide bonds. The number of aromatic nitrogens is 3. The zero-order valence-electron chi connectivity index (χ0n) is 17.1. The Morgan fingerprint density at radius 2 is 2.28 bits per heavy atom. The Labute approximate surface area is 191 Å². The highest BCUT2D eigenvalue weighted by Gasteiger charge is 2.19. The molecule has 0 radical (unpaired) electrons. The first-order valence-electron chi connectivity index (χ1n) is 9.33. The quantitative estimate of drug-likeness (QED) is 0.202. The largest absolute Gasteiger partial charge is 0.496 e. The second-order valence-corrected chi connectivity index (χ2v) is 7.59. The first-order chi connectivity index (χ1) is 15.4. The molecule has 0 aliphatic heterocycles. The van der Waals surface area contributed by atoms with Gasteiger partial charge in [0.25, 0.3) is 0 Å². The molecule has 13 heteroatoms. The maximum atomic E-state index is 11.5. The molecule has 0 aliphatic carbocycles. The van der Waals surface area contributed by atoms with Gasteiger partial charge >= 0.3 is 11.8 Å². The molecule has 1 N–H and O–H groups in total. The van der Waals surface area contributed by atoms with Crippen LogP contribution in [-0.2, 0) is 22.5 Å². The van der Waals surface area contributed by atoms with Gasteiger partial charge in [0.05, 0.1) is 49.9 Å². The molecule has 32 heavy (non-hydrogen) atoms. The lowest BCUT2D eigenvalue weighted by atomic mass is 10.1. The van der Waals surface area contributed by atoms with Crippen molar-refractivity contribution in [2.24, 2.45) is 5.10 Å². The van der Waals surface area contributed by atoms with Crippen LogP contribution >= 0.6 is 22.9 Å². The number of anilines is 1. The van der Waals surface area contributed by atoms with Gasteiger partial charge in [0, 0.05) is 10.9 Å². The molecular weight excluding hydrogens is 460 g/mol. The van der Waals surface area contributed by atoms with Crippen LogP contribution in [0.4, 0.5) is 10.9 Å². The predicted octanol–water partition coefficient (Wildman–Crippen LogP) is 3.51. The first-order valence-corrected chi connectivity index (χ1v) is 10.6. The standard InChI is InChI=1S/C19H19ClN6O5S/c1-3-31-17(27)7-14-11-32-19(22-14)23-21-8-12-4-5-13(16(6-12)30-2)9-25-10-15(20)18(24-25)26(28)29/h4-6,8,10-11H,3,7,9H2,1-2H3,(H,22,23). The van der Waals surface area contributed by atoms with E-state index in [2.05, 4.69) is 20.6 Å². The number of nitrogens with one attached hydrogen (secondary N) is 1. The fraction of sp³-hybridized carbons (Fsp3) is 0.263. The van der Waals surface area contributed by atoms with Crippen LogP contribution in [-0.4, -0.2) is 45.6 Å². The highest BCUT2D eigenvalue weighted by atomic mass is 35.5. The van der Waals surface area contributed by atoms with Crippen LogP contribution in [0.3, 0.4) is 0 Å². The average molecular weight is 479 g/mol. The molecule has 0 bridgehead atoms. The van der Waals surface area contributed by atoms with Gasteiger partial charge in [0.2, 0.25) is 5.13 Å². The molecule has 0 atom stereocenters. The van der Waals surface area contributed by atoms with Gasteiger partial charge in [-0.3, -0.25) is 10.2 Å². The molecule has 0 saturated heterocycles. The topological polar surface area (TPSA) is 134 Å². The van der Waals surface area contributed by atoms with E-state index < -0.39 is 10.7 Å². The second kappa shape index (κ2) is 10.7. The molecule has 2 heterocycles. The Kier molecular flexibility index (Phi) is 7.73. The van der Waals surface area contributed by atoms with E-state index in [1.165, 1.54) is 29.3 Å². The highest BCUT2D eigenvalue weighted by Crippen LogP contribution is 2.25. The summed E-state index contributed by atoms with van der Waals surface area (Å²) in [5, 5.41) is 21.2. The molecule has 1 aromatic carbocycles. The Morgan fingerprint density at radius 1 is 1.47 bits per heavy atom. The van der Waals surface area contributed by atoms with E-state index in [0.717, 1.165) is 11.1 Å². The number of carbonyl (C=O) groups is 1. The van der Waals surface area contributed by atoms with Gasteiger partial charge in [-0.2, -0.15) is 9.78 Å². The van der Waals surface area contributed by atoms with Gasteiger partial charge in [-0.1, -0.05) is 23.7 Å². The lowest BCUT2D eigenvalue weighted by Gasteiger charge is -2.08. The number of hydrogen-bond donors (Lipinski definition) is 1. The maximum Gasteiger partial charge on any atom is 0.408 e. The molecule has 0 fully saturated rings. The van der Waals surface area contributed by atoms with Gasteiger partial charge in [0.1, 0.15) is 5.75 Å². The number of nitro groups is 1. The maximum absolute atomic E-state index is 11.5. The van der Waals surface area contributed by atoms with E-state index in [9.17, 15) is 14.9 Å². The fourth-order valence-electron chi connectivity index (χ4n) is 2.70. The van der Waals surface area contributed by atoms with Crippen molar-refractivity contribution in [1.29, 1.82) is 0 Å². The predicted molar refractivity (Wildman–Crippen MR) is 120 cm³/mol. The zero-order valence-corrected chi connectivity index (χ0v) is 18.7. The number of esters is 1. The lowest BCUT2D eigenvalue weighted by molar-refractivity contribution is -0.389. The Balaban J connectivity index is 1.64. The van der Waals surface area contributed by atoms with Crippen LogP contribution in [0.25, 0.3) is 0 Å². The van der Waals surface area contributed by atoms with Gasteiger partial charge in [-0.25, -0.2) is 4.98 Å². The fourth-order valence-corrected chi connectivity index (χ4v) is 3.58. The summed E-state index contributed by atoms with van der Waals surface area (Å²) >= 11 is 7.17. The van der Waals surface area contributed by atoms with E-state index in [4.69, 9.17) is 21.1 Å². The second-order valence-electron chi connectivity index (χ2n) is 6.32. The summed E-state index contributed by atoms with van der Waals surface area (Å²) in [4.78, 5) is 26.1. The Hall–Kier alpha value is -3.51. The molecule has 11 nitrogen and oxygen atoms in total. The van der Waals surface area contributed by atoms with E-state index in [-0.39, 0.29) is 24.0 Å². The normalized spacial score (nSPS) is 11.0. The van der Waals surface area contributed by atoms with E-state index in [0.29, 0.717) is 23.2 Å². The van der Waals surface area contributed by atoms with Crippen molar-refractivity contribution in [3.63, 3.8) is 0 Å². The lowest BCUT2D eigenvalue weighted by Crippen LogP contribution is -2.07. The number of methoxy groups -OCH3 is 1. The molecule has 168 valence electrons. The average Bonchev–Trinajstić information content (AvgIpc) is 3.35. The number of ether oxygens (including phenoxy) is 2. The van der Waals surface area contributed by atoms with Gasteiger partial charge in [0.15, 0.2) is 5.02 Å². The molecule has 2 aromatic heterocycles. The van der Waals surface area contributed by atoms with Crippen LogP contribution in [0.1, 0.15) is 23.7 Å². The van der Waals surface area contributed by atoms with Gasteiger partial charge < -0.3 is 19.6 Å². The van der Waals surface area contributed by atoms with Crippen molar-refractivity contribution in [3.05, 3.63) is 61.7 Å². The minimum atomic E-state index is -0.634. The van der Waals surface area contributed by atoms with E-state index in [1.54, 1.807) is 24.6 Å². The third kappa shape index (κ3) is 6.02. The summed E-state index contributed by atoms with van der Waals surface area (Å²) in [6, 6.07) is 5.40. The number of carbonyl (C=O) groups excluding carboxylic acids is 1. The highest BCUT2D eigenvalue weighted by molar-refractivity contribution is 7.13. The summed E-state index contributed by atoms with van der Waals surface area (Å²) in [6.07, 6.45) is 3.09. The number of benzene rings is 1. The Bertz CT molecular complexity index is 1150. The van der Waals surface area contributed by atoms with Crippen molar-refractivity contribution < 1.29 is 19.2 Å². The smallest absolute Gasteiger partial charge is 0.408 e. The molecule has 3 rings (SSSR count). The van der Waals surface area contributed by atoms with Crippen LogP contribution in [0.2, 0.25) is 5.02 Å². The van der Waals surface area contributed by atoms with Crippen molar-refractivity contribution >= 4 is 46.1 Å². The van der Waals surface area contributed by atoms with Crippen molar-refractivity contribution in [2.45, 2.75) is 19.9 Å². The Morgan fingerprint density at radius 3 is 2.97 bits per heavy atom. The number of rotatable bonds is 10. The molecule has 3 aromatic rings. The zero-order chi connectivity index (χ0) is 23.1. The minimum Gasteiger partial charge on any atom is -0.496 e. The van der Waals surface area contributed by atoms with E-state index in [1.807, 2.05) is 12.1 Å². The number of thiazole rings is 1. The minimum absolute atomic E-state index is 0.0311. The molecule has 0 aliphatic rings. The van der Waals surface area contributed by atoms with Crippen molar-refractivity contribution in [1.82, 2.24) is 14.8 Å². The number of halogens is 1. The van der Waals surface area contributed by atoms with Crippen LogP contribution in [0.15, 0.2) is 34.9 Å². The van der Waals surface area contributed by atoms with Gasteiger partial charge in [-0.15, -0.1) is 11.3 Å². The number of nitrogens with zero attached hydrogens (tertiary/aromatic N) is 5. The number of hydrogen-bond acceptors (Lipinski definition) is 10. The third-order valence-electron chi connectivity index (χ3n) is 4.07. The SMILES string of the molecule is CCOC(=O)Cc1csc(NN=Cc2ccc(Cn3cc(Cl)c([N+](=O)[O-])n3)c(OC)c2)n1. The summed E-state index contributed by atoms with van der Waals surface area (Å²) in [7, 11) is 1.52. The first kappa shape index (κ1) is 23.2. The molecule has 0 spiro atoms. The number of hydrazone groups is 1. The monoisotopic (exact) mass is 478 g/mol. The van der Waals surface area contributed by atoms with Crippen LogP contribution < -0.4 is 10.2 Å². The summed E-state index contributed by atoms with van der Waals surface area (Å²) < 4.78 is 11.7. The van der Waals surface area contributed by atoms with Crippen LogP contribution in [0, 0.1) is 10.1 Å². The summed E-state index contributed by atoms with van der Waals surface area (Å²) in [5.41, 5.74) is 4.94. The molecular formula is C19H19ClN6O5S. The summed E-state index contributed by atoms with van der Waals surface area (Å²) in [6.45, 7) is 2.33. The van der Waals surface area contributed by atoms with Crippen molar-refractivity contribution in [2.75, 3.05) is 19.1 Å². The summed E-state index contributed by atoms with van der Waals surface area (Å²) in [5.74, 6) is -0.158. The molecule has 0 unspecified atom stereocenters. The third-order valence-corrected chi connectivity index (χ3v) is 5.13. The van der Waals surface area contributed by atoms with Crippen molar-refractivity contribution in [3.8, 4) is 5.75 Å².